The second-order valence-corrected chi connectivity index (χ2v) is 3.04. The van der Waals surface area contributed by atoms with Crippen LogP contribution in [0, 0.1) is 0 Å². The van der Waals surface area contributed by atoms with Gasteiger partial charge in [0.25, 0.3) is 5.91 Å². The van der Waals surface area contributed by atoms with Gasteiger partial charge < -0.3 is 0 Å². The zero-order valence-electron chi connectivity index (χ0n) is 7.72. The lowest BCUT2D eigenvalue weighted by atomic mass is 10.3. The van der Waals surface area contributed by atoms with Crippen LogP contribution >= 0.6 is 0 Å². The molecule has 0 bridgehead atoms. The third-order valence-electron chi connectivity index (χ3n) is 2.01. The summed E-state index contributed by atoms with van der Waals surface area (Å²) in [5.41, 5.74) is 0.328. The van der Waals surface area contributed by atoms with Crippen molar-refractivity contribution in [1.82, 2.24) is 15.0 Å². The molecule has 2 rings (SSSR count). The van der Waals surface area contributed by atoms with E-state index in [0.29, 0.717) is 18.8 Å². The Bertz CT molecular complexity index is 309. The molecule has 0 unspecified atom stereocenters. The fraction of sp³-hybridized carbons (Fsp3) is 0.444. The lowest BCUT2D eigenvalue weighted by molar-refractivity contribution is -0.144. The Morgan fingerprint density at radius 3 is 3.00 bits per heavy atom. The van der Waals surface area contributed by atoms with Gasteiger partial charge in [-0.2, -0.15) is 0 Å². The molecule has 0 aliphatic carbocycles. The Morgan fingerprint density at radius 2 is 2.36 bits per heavy atom. The standard InChI is InChI=1S/C9H11N3O2/c13-9(8-7-10-3-4-11-8)12-5-1-2-6-14-12/h3-4,7H,1-2,5-6H2. The van der Waals surface area contributed by atoms with Gasteiger partial charge in [0, 0.05) is 18.9 Å². The number of hydrogen-bond donors (Lipinski definition) is 0. The van der Waals surface area contributed by atoms with E-state index in [2.05, 4.69) is 9.97 Å². The van der Waals surface area contributed by atoms with Crippen LogP contribution in [0.1, 0.15) is 23.3 Å². The third-order valence-corrected chi connectivity index (χ3v) is 2.01. The quantitative estimate of drug-likeness (QED) is 0.657. The van der Waals surface area contributed by atoms with Crippen molar-refractivity contribution in [1.29, 1.82) is 0 Å². The summed E-state index contributed by atoms with van der Waals surface area (Å²) >= 11 is 0. The van der Waals surface area contributed by atoms with Crippen LogP contribution in [0.15, 0.2) is 18.6 Å². The van der Waals surface area contributed by atoms with E-state index in [4.69, 9.17) is 4.84 Å². The zero-order valence-corrected chi connectivity index (χ0v) is 7.72. The molecule has 1 aliphatic heterocycles. The minimum absolute atomic E-state index is 0.210. The van der Waals surface area contributed by atoms with Gasteiger partial charge in [0.1, 0.15) is 5.69 Å². The predicted molar refractivity (Wildman–Crippen MR) is 48.3 cm³/mol. The molecule has 1 fully saturated rings. The maximum Gasteiger partial charge on any atom is 0.297 e. The van der Waals surface area contributed by atoms with Crippen molar-refractivity contribution in [3.63, 3.8) is 0 Å². The Kier molecular flexibility index (Phi) is 2.69. The van der Waals surface area contributed by atoms with Crippen LogP contribution in [-0.4, -0.2) is 34.1 Å². The summed E-state index contributed by atoms with van der Waals surface area (Å²) in [4.78, 5) is 24.7. The monoisotopic (exact) mass is 193 g/mol. The number of hydrogen-bond acceptors (Lipinski definition) is 4. The molecule has 1 aliphatic rings. The van der Waals surface area contributed by atoms with Crippen LogP contribution in [0.2, 0.25) is 0 Å². The molecular formula is C9H11N3O2. The maximum atomic E-state index is 11.7. The summed E-state index contributed by atoms with van der Waals surface area (Å²) < 4.78 is 0. The normalized spacial score (nSPS) is 16.7. The van der Waals surface area contributed by atoms with Gasteiger partial charge in [0.2, 0.25) is 0 Å². The summed E-state index contributed by atoms with van der Waals surface area (Å²) in [5, 5.41) is 1.35. The molecule has 1 aromatic rings. The molecule has 1 amide bonds. The average Bonchev–Trinajstić information content (AvgIpc) is 2.30. The number of carbonyl (C=O) groups is 1. The minimum Gasteiger partial charge on any atom is -0.271 e. The van der Waals surface area contributed by atoms with Gasteiger partial charge in [-0.05, 0) is 12.8 Å². The molecule has 74 valence electrons. The highest BCUT2D eigenvalue weighted by molar-refractivity contribution is 5.91. The molecule has 0 atom stereocenters. The number of nitrogens with zero attached hydrogens (tertiary/aromatic N) is 3. The molecule has 0 aromatic carbocycles. The van der Waals surface area contributed by atoms with Gasteiger partial charge in [-0.15, -0.1) is 0 Å². The van der Waals surface area contributed by atoms with Gasteiger partial charge in [0.15, 0.2) is 0 Å². The Morgan fingerprint density at radius 1 is 1.43 bits per heavy atom. The molecule has 0 N–H and O–H groups in total. The molecule has 14 heavy (non-hydrogen) atoms. The van der Waals surface area contributed by atoms with E-state index in [1.807, 2.05) is 0 Å². The van der Waals surface area contributed by atoms with E-state index in [1.165, 1.54) is 23.7 Å². The molecule has 0 spiro atoms. The van der Waals surface area contributed by atoms with Gasteiger partial charge in [0.05, 0.1) is 12.8 Å². The first kappa shape index (κ1) is 9.08. The van der Waals surface area contributed by atoms with E-state index in [0.717, 1.165) is 12.8 Å². The first-order valence-electron chi connectivity index (χ1n) is 4.59. The van der Waals surface area contributed by atoms with E-state index in [1.54, 1.807) is 0 Å². The van der Waals surface area contributed by atoms with Gasteiger partial charge in [-0.3, -0.25) is 14.6 Å². The number of hydroxylamine groups is 2. The van der Waals surface area contributed by atoms with Crippen molar-refractivity contribution in [2.45, 2.75) is 12.8 Å². The molecule has 0 radical (unpaired) electrons. The summed E-state index contributed by atoms with van der Waals surface area (Å²) in [7, 11) is 0. The lowest BCUT2D eigenvalue weighted by Gasteiger charge is -2.25. The minimum atomic E-state index is -0.210. The van der Waals surface area contributed by atoms with E-state index < -0.39 is 0 Å². The summed E-state index contributed by atoms with van der Waals surface area (Å²) in [6, 6.07) is 0. The highest BCUT2D eigenvalue weighted by Crippen LogP contribution is 2.08. The summed E-state index contributed by atoms with van der Waals surface area (Å²) in [6.07, 6.45) is 6.46. The number of aromatic nitrogens is 2. The topological polar surface area (TPSA) is 55.3 Å². The van der Waals surface area contributed by atoms with Crippen LogP contribution in [0.25, 0.3) is 0 Å². The third kappa shape index (κ3) is 1.88. The van der Waals surface area contributed by atoms with Crippen LogP contribution in [0.4, 0.5) is 0 Å². The van der Waals surface area contributed by atoms with Gasteiger partial charge in [-0.25, -0.2) is 10.0 Å². The van der Waals surface area contributed by atoms with Crippen molar-refractivity contribution in [2.75, 3.05) is 13.2 Å². The first-order valence-corrected chi connectivity index (χ1v) is 4.59. The largest absolute Gasteiger partial charge is 0.297 e. The molecule has 0 saturated carbocycles. The van der Waals surface area contributed by atoms with E-state index in [-0.39, 0.29) is 5.91 Å². The molecule has 1 saturated heterocycles. The Balaban J connectivity index is 2.07. The molecule has 2 heterocycles. The second kappa shape index (κ2) is 4.15. The van der Waals surface area contributed by atoms with Crippen molar-refractivity contribution in [3.05, 3.63) is 24.3 Å². The van der Waals surface area contributed by atoms with Gasteiger partial charge in [-0.1, -0.05) is 0 Å². The van der Waals surface area contributed by atoms with E-state index >= 15 is 0 Å². The van der Waals surface area contributed by atoms with Crippen molar-refractivity contribution in [3.8, 4) is 0 Å². The number of amides is 1. The van der Waals surface area contributed by atoms with Crippen molar-refractivity contribution < 1.29 is 9.63 Å². The lowest BCUT2D eigenvalue weighted by Crippen LogP contribution is -2.36. The Hall–Kier alpha value is -1.49. The first-order chi connectivity index (χ1) is 6.88. The molecular weight excluding hydrogens is 182 g/mol. The Labute approximate surface area is 81.7 Å². The average molecular weight is 193 g/mol. The van der Waals surface area contributed by atoms with E-state index in [9.17, 15) is 4.79 Å². The molecule has 5 nitrogen and oxygen atoms in total. The van der Waals surface area contributed by atoms with Crippen molar-refractivity contribution >= 4 is 5.91 Å². The highest BCUT2D eigenvalue weighted by atomic mass is 16.7. The van der Waals surface area contributed by atoms with Crippen LogP contribution in [0.3, 0.4) is 0 Å². The fourth-order valence-electron chi connectivity index (χ4n) is 1.29. The maximum absolute atomic E-state index is 11.7. The number of carbonyl (C=O) groups excluding carboxylic acids is 1. The SMILES string of the molecule is O=C(c1cnccn1)N1CCCCO1. The summed E-state index contributed by atoms with van der Waals surface area (Å²) in [5.74, 6) is -0.210. The van der Waals surface area contributed by atoms with Gasteiger partial charge >= 0.3 is 0 Å². The smallest absolute Gasteiger partial charge is 0.271 e. The number of rotatable bonds is 1. The predicted octanol–water partition coefficient (Wildman–Crippen LogP) is 0.644. The van der Waals surface area contributed by atoms with Crippen LogP contribution < -0.4 is 0 Å². The van der Waals surface area contributed by atoms with Crippen LogP contribution in [-0.2, 0) is 4.84 Å². The summed E-state index contributed by atoms with van der Waals surface area (Å²) in [6.45, 7) is 1.24. The fourth-order valence-corrected chi connectivity index (χ4v) is 1.29. The second-order valence-electron chi connectivity index (χ2n) is 3.04. The highest BCUT2D eigenvalue weighted by Gasteiger charge is 2.20. The molecule has 1 aromatic heterocycles. The zero-order chi connectivity index (χ0) is 9.80. The van der Waals surface area contributed by atoms with Crippen molar-refractivity contribution in [2.24, 2.45) is 0 Å². The van der Waals surface area contributed by atoms with Crippen LogP contribution in [0.5, 0.6) is 0 Å². The molecule has 5 heteroatoms.